The number of hydrogen-bond acceptors (Lipinski definition) is 3. The Morgan fingerprint density at radius 2 is 1.92 bits per heavy atom. The maximum absolute atomic E-state index is 5.51. The molecule has 0 aliphatic rings. The summed E-state index contributed by atoms with van der Waals surface area (Å²) in [5.41, 5.74) is 6.23. The summed E-state index contributed by atoms with van der Waals surface area (Å²) in [4.78, 5) is 9.97. The molecule has 3 nitrogen and oxygen atoms in total. The van der Waals surface area contributed by atoms with Crippen LogP contribution in [0.1, 0.15) is 19.8 Å². The van der Waals surface area contributed by atoms with Crippen molar-refractivity contribution >= 4 is 5.69 Å². The van der Waals surface area contributed by atoms with Crippen molar-refractivity contribution in [2.24, 2.45) is 0 Å². The average molecular weight is 181 g/mol. The van der Waals surface area contributed by atoms with Crippen LogP contribution in [0.2, 0.25) is 0 Å². The van der Waals surface area contributed by atoms with Crippen molar-refractivity contribution < 1.29 is 9.78 Å². The van der Waals surface area contributed by atoms with Gasteiger partial charge in [-0.3, -0.25) is 0 Å². The van der Waals surface area contributed by atoms with Crippen LogP contribution in [0.3, 0.4) is 0 Å². The molecule has 0 aromatic heterocycles. The molecule has 0 unspecified atom stereocenters. The highest BCUT2D eigenvalue weighted by atomic mass is 17.2. The molecule has 0 aliphatic carbocycles. The van der Waals surface area contributed by atoms with Crippen LogP contribution in [0.5, 0.6) is 5.75 Å². The van der Waals surface area contributed by atoms with Crippen molar-refractivity contribution in [3.8, 4) is 5.75 Å². The highest BCUT2D eigenvalue weighted by molar-refractivity contribution is 5.41. The van der Waals surface area contributed by atoms with Gasteiger partial charge in [0.2, 0.25) is 0 Å². The number of anilines is 1. The Morgan fingerprint density at radius 3 is 2.54 bits per heavy atom. The van der Waals surface area contributed by atoms with E-state index in [0.29, 0.717) is 12.4 Å². The van der Waals surface area contributed by atoms with Gasteiger partial charge in [0.25, 0.3) is 0 Å². The average Bonchev–Trinajstić information content (AvgIpc) is 2.15. The first kappa shape index (κ1) is 9.86. The summed E-state index contributed by atoms with van der Waals surface area (Å²) in [6.45, 7) is 2.73. The minimum atomic E-state index is 0.626. The van der Waals surface area contributed by atoms with Crippen molar-refractivity contribution in [3.05, 3.63) is 24.3 Å². The molecule has 0 amide bonds. The van der Waals surface area contributed by atoms with Crippen molar-refractivity contribution in [2.75, 3.05) is 12.3 Å². The Balaban J connectivity index is 2.25. The number of nitrogens with two attached hydrogens (primary N) is 1. The molecule has 3 heteroatoms. The second kappa shape index (κ2) is 5.43. The van der Waals surface area contributed by atoms with E-state index in [2.05, 4.69) is 6.92 Å². The van der Waals surface area contributed by atoms with E-state index in [-0.39, 0.29) is 0 Å². The third kappa shape index (κ3) is 3.80. The highest BCUT2D eigenvalue weighted by Crippen LogP contribution is 2.13. The second-order valence-corrected chi connectivity index (χ2v) is 2.83. The van der Waals surface area contributed by atoms with Crippen LogP contribution in [-0.4, -0.2) is 6.61 Å². The van der Waals surface area contributed by atoms with E-state index in [9.17, 15) is 0 Å². The fourth-order valence-corrected chi connectivity index (χ4v) is 0.836. The Morgan fingerprint density at radius 1 is 1.23 bits per heavy atom. The molecule has 0 fully saturated rings. The van der Waals surface area contributed by atoms with Gasteiger partial charge in [-0.05, 0) is 30.7 Å². The van der Waals surface area contributed by atoms with Crippen molar-refractivity contribution in [1.82, 2.24) is 0 Å². The normalized spacial score (nSPS) is 9.92. The van der Waals surface area contributed by atoms with E-state index >= 15 is 0 Å². The molecule has 1 aromatic rings. The lowest BCUT2D eigenvalue weighted by molar-refractivity contribution is -0.207. The highest BCUT2D eigenvalue weighted by Gasteiger charge is 1.93. The molecule has 13 heavy (non-hydrogen) atoms. The number of nitrogen functional groups attached to an aromatic ring is 1. The lowest BCUT2D eigenvalue weighted by atomic mass is 10.3. The number of rotatable bonds is 5. The fraction of sp³-hybridized carbons (Fsp3) is 0.400. The summed E-state index contributed by atoms with van der Waals surface area (Å²) >= 11 is 0. The van der Waals surface area contributed by atoms with Gasteiger partial charge in [-0.15, -0.1) is 0 Å². The number of benzene rings is 1. The SMILES string of the molecule is CCCCOOc1ccc(N)cc1. The largest absolute Gasteiger partial charge is 0.399 e. The standard InChI is InChI=1S/C10H15NO2/c1-2-3-8-12-13-10-6-4-9(11)5-7-10/h4-7H,2-3,8,11H2,1H3. The predicted octanol–water partition coefficient (Wildman–Crippen LogP) is 2.38. The van der Waals surface area contributed by atoms with Crippen molar-refractivity contribution in [3.63, 3.8) is 0 Å². The summed E-state index contributed by atoms with van der Waals surface area (Å²) in [6.07, 6.45) is 2.11. The van der Waals surface area contributed by atoms with Crippen LogP contribution in [0.15, 0.2) is 24.3 Å². The first-order valence-corrected chi connectivity index (χ1v) is 4.48. The van der Waals surface area contributed by atoms with Crippen LogP contribution in [0, 0.1) is 0 Å². The van der Waals surface area contributed by atoms with E-state index in [1.165, 1.54) is 0 Å². The zero-order chi connectivity index (χ0) is 9.52. The second-order valence-electron chi connectivity index (χ2n) is 2.83. The minimum Gasteiger partial charge on any atom is -0.399 e. The quantitative estimate of drug-likeness (QED) is 0.328. The van der Waals surface area contributed by atoms with Crippen LogP contribution in [-0.2, 0) is 4.89 Å². The van der Waals surface area contributed by atoms with Gasteiger partial charge in [-0.2, -0.15) is 4.89 Å². The summed E-state index contributed by atoms with van der Waals surface area (Å²) in [5, 5.41) is 0. The monoisotopic (exact) mass is 181 g/mol. The molecule has 0 saturated heterocycles. The zero-order valence-corrected chi connectivity index (χ0v) is 7.82. The first-order chi connectivity index (χ1) is 6.33. The fourth-order valence-electron chi connectivity index (χ4n) is 0.836. The zero-order valence-electron chi connectivity index (χ0n) is 7.82. The Labute approximate surface area is 78.4 Å². The number of hydrogen-bond donors (Lipinski definition) is 1. The molecule has 72 valence electrons. The molecule has 1 aromatic carbocycles. The van der Waals surface area contributed by atoms with E-state index in [4.69, 9.17) is 15.5 Å². The summed E-state index contributed by atoms with van der Waals surface area (Å²) in [7, 11) is 0. The first-order valence-electron chi connectivity index (χ1n) is 4.48. The Hall–Kier alpha value is -1.22. The maximum Gasteiger partial charge on any atom is 0.165 e. The van der Waals surface area contributed by atoms with Gasteiger partial charge in [-0.1, -0.05) is 13.3 Å². The molecule has 0 radical (unpaired) electrons. The van der Waals surface area contributed by atoms with Crippen molar-refractivity contribution in [1.29, 1.82) is 0 Å². The summed E-state index contributed by atoms with van der Waals surface area (Å²) in [5.74, 6) is 0.685. The molecule has 0 saturated carbocycles. The lowest BCUT2D eigenvalue weighted by Gasteiger charge is -2.03. The third-order valence-corrected chi connectivity index (χ3v) is 1.62. The topological polar surface area (TPSA) is 44.5 Å². The summed E-state index contributed by atoms with van der Waals surface area (Å²) < 4.78 is 0. The molecular weight excluding hydrogens is 166 g/mol. The molecule has 1 rings (SSSR count). The van der Waals surface area contributed by atoms with Crippen LogP contribution in [0.4, 0.5) is 5.69 Å². The Kier molecular flexibility index (Phi) is 4.12. The Bertz CT molecular complexity index is 233. The maximum atomic E-state index is 5.51. The molecule has 0 heterocycles. The van der Waals surface area contributed by atoms with Crippen LogP contribution < -0.4 is 10.6 Å². The van der Waals surface area contributed by atoms with Gasteiger partial charge >= 0.3 is 0 Å². The third-order valence-electron chi connectivity index (χ3n) is 1.62. The van der Waals surface area contributed by atoms with Crippen molar-refractivity contribution in [2.45, 2.75) is 19.8 Å². The van der Waals surface area contributed by atoms with E-state index in [1.54, 1.807) is 24.3 Å². The molecule has 0 aliphatic heterocycles. The number of unbranched alkanes of at least 4 members (excludes halogenated alkanes) is 1. The van der Waals surface area contributed by atoms with Gasteiger partial charge in [0.1, 0.15) is 0 Å². The minimum absolute atomic E-state index is 0.626. The molecule has 2 N–H and O–H groups in total. The van der Waals surface area contributed by atoms with Gasteiger partial charge in [-0.25, -0.2) is 0 Å². The smallest absolute Gasteiger partial charge is 0.165 e. The van der Waals surface area contributed by atoms with Crippen LogP contribution >= 0.6 is 0 Å². The van der Waals surface area contributed by atoms with Crippen LogP contribution in [0.25, 0.3) is 0 Å². The van der Waals surface area contributed by atoms with Gasteiger partial charge < -0.3 is 10.6 Å². The van der Waals surface area contributed by atoms with Gasteiger partial charge in [0.15, 0.2) is 5.75 Å². The van der Waals surface area contributed by atoms with Gasteiger partial charge in [0, 0.05) is 5.69 Å². The molecule has 0 atom stereocenters. The molecule has 0 spiro atoms. The summed E-state index contributed by atoms with van der Waals surface area (Å²) in [6, 6.07) is 7.11. The molecule has 0 bridgehead atoms. The van der Waals surface area contributed by atoms with E-state index < -0.39 is 0 Å². The van der Waals surface area contributed by atoms with Gasteiger partial charge in [0.05, 0.1) is 6.61 Å². The van der Waals surface area contributed by atoms with E-state index in [0.717, 1.165) is 18.5 Å². The molecular formula is C10H15NO2. The van der Waals surface area contributed by atoms with E-state index in [1.807, 2.05) is 0 Å². The predicted molar refractivity (Wildman–Crippen MR) is 52.3 cm³/mol. The lowest BCUT2D eigenvalue weighted by Crippen LogP contribution is -1.98.